The van der Waals surface area contributed by atoms with E-state index >= 15 is 0 Å². The highest BCUT2D eigenvalue weighted by molar-refractivity contribution is 7.99. The highest BCUT2D eigenvalue weighted by Crippen LogP contribution is 2.26. The van der Waals surface area contributed by atoms with Crippen molar-refractivity contribution in [2.24, 2.45) is 0 Å². The van der Waals surface area contributed by atoms with E-state index in [0.29, 0.717) is 29.0 Å². The van der Waals surface area contributed by atoms with Crippen molar-refractivity contribution in [3.8, 4) is 11.5 Å². The average Bonchev–Trinajstić information content (AvgIpc) is 3.17. The summed E-state index contributed by atoms with van der Waals surface area (Å²) in [4.78, 5) is 12.2. The van der Waals surface area contributed by atoms with Crippen molar-refractivity contribution in [2.75, 3.05) is 18.2 Å². The van der Waals surface area contributed by atoms with Gasteiger partial charge in [0.25, 0.3) is 0 Å². The molecule has 2 aromatic carbocycles. The number of carbonyl (C=O) groups is 1. The molecule has 0 saturated heterocycles. The van der Waals surface area contributed by atoms with Crippen molar-refractivity contribution in [1.82, 2.24) is 14.8 Å². The third kappa shape index (κ3) is 5.50. The fourth-order valence-corrected chi connectivity index (χ4v) is 3.59. The van der Waals surface area contributed by atoms with Crippen LogP contribution in [0.3, 0.4) is 0 Å². The van der Waals surface area contributed by atoms with Crippen LogP contribution in [0.1, 0.15) is 25.8 Å². The van der Waals surface area contributed by atoms with Crippen LogP contribution in [-0.2, 0) is 11.3 Å². The zero-order chi connectivity index (χ0) is 21.5. The van der Waals surface area contributed by atoms with Gasteiger partial charge in [0.05, 0.1) is 12.9 Å². The largest absolute Gasteiger partial charge is 0.497 e. The Morgan fingerprint density at radius 1 is 1.13 bits per heavy atom. The minimum Gasteiger partial charge on any atom is -0.497 e. The minimum absolute atomic E-state index is 0.156. The van der Waals surface area contributed by atoms with Gasteiger partial charge in [0.2, 0.25) is 5.91 Å². The first-order valence-corrected chi connectivity index (χ1v) is 10.4. The van der Waals surface area contributed by atoms with Gasteiger partial charge in [0.1, 0.15) is 17.3 Å². The van der Waals surface area contributed by atoms with Crippen LogP contribution in [0, 0.1) is 5.82 Å². The van der Waals surface area contributed by atoms with Gasteiger partial charge in [-0.2, -0.15) is 0 Å². The van der Waals surface area contributed by atoms with Crippen molar-refractivity contribution in [3.05, 3.63) is 60.2 Å². The lowest BCUT2D eigenvalue weighted by Crippen LogP contribution is -2.15. The smallest absolute Gasteiger partial charge is 0.234 e. The molecule has 1 amide bonds. The summed E-state index contributed by atoms with van der Waals surface area (Å²) in [6, 6.07) is 12.9. The molecule has 1 N–H and O–H groups in total. The van der Waals surface area contributed by atoms with Crippen LogP contribution < -0.4 is 14.8 Å². The Bertz CT molecular complexity index is 977. The number of hydrogen-bond acceptors (Lipinski definition) is 6. The van der Waals surface area contributed by atoms with Crippen LogP contribution in [-0.4, -0.2) is 33.5 Å². The van der Waals surface area contributed by atoms with Crippen molar-refractivity contribution >= 4 is 23.4 Å². The predicted octanol–water partition coefficient (Wildman–Crippen LogP) is 4.32. The zero-order valence-electron chi connectivity index (χ0n) is 17.0. The molecule has 1 unspecified atom stereocenters. The number of aromatic nitrogens is 3. The lowest BCUT2D eigenvalue weighted by molar-refractivity contribution is -0.113. The van der Waals surface area contributed by atoms with E-state index < -0.39 is 0 Å². The fraction of sp³-hybridized carbons (Fsp3) is 0.286. The Hall–Kier alpha value is -3.07. The molecule has 1 aromatic heterocycles. The standard InChI is InChI=1S/C21H23FN4O3S/c1-4-26-20(14(2)29-18-11-9-17(28-3)10-12-18)24-25-21(26)30-13-19(27)23-16-7-5-15(22)6-8-16/h5-12,14H,4,13H2,1-3H3,(H,23,27). The number of benzene rings is 2. The number of thioether (sulfide) groups is 1. The molecule has 0 aliphatic rings. The molecule has 3 rings (SSSR count). The lowest BCUT2D eigenvalue weighted by atomic mass is 10.3. The Morgan fingerprint density at radius 2 is 1.80 bits per heavy atom. The molecule has 0 fully saturated rings. The third-order valence-electron chi connectivity index (χ3n) is 4.26. The maximum atomic E-state index is 13.0. The molecule has 30 heavy (non-hydrogen) atoms. The second kappa shape index (κ2) is 10.1. The summed E-state index contributed by atoms with van der Waals surface area (Å²) in [5.74, 6) is 1.72. The molecule has 1 atom stereocenters. The molecule has 0 aliphatic carbocycles. The Labute approximate surface area is 178 Å². The molecule has 158 valence electrons. The molecule has 9 heteroatoms. The molecule has 0 saturated carbocycles. The fourth-order valence-electron chi connectivity index (χ4n) is 2.78. The molecule has 0 radical (unpaired) electrons. The van der Waals surface area contributed by atoms with Gasteiger partial charge >= 0.3 is 0 Å². The van der Waals surface area contributed by atoms with E-state index in [0.717, 1.165) is 5.75 Å². The number of methoxy groups -OCH3 is 1. The highest BCUT2D eigenvalue weighted by atomic mass is 32.2. The number of nitrogens with one attached hydrogen (secondary N) is 1. The quantitative estimate of drug-likeness (QED) is 0.510. The number of anilines is 1. The highest BCUT2D eigenvalue weighted by Gasteiger charge is 2.19. The van der Waals surface area contributed by atoms with Crippen LogP contribution in [0.15, 0.2) is 53.7 Å². The van der Waals surface area contributed by atoms with Crippen molar-refractivity contribution in [3.63, 3.8) is 0 Å². The van der Waals surface area contributed by atoms with Gasteiger partial charge in [-0.15, -0.1) is 10.2 Å². The second-order valence-electron chi connectivity index (χ2n) is 6.36. The van der Waals surface area contributed by atoms with Gasteiger partial charge in [-0.25, -0.2) is 4.39 Å². The lowest BCUT2D eigenvalue weighted by Gasteiger charge is -2.15. The molecule has 3 aromatic rings. The van der Waals surface area contributed by atoms with Gasteiger partial charge in [-0.1, -0.05) is 11.8 Å². The van der Waals surface area contributed by atoms with Crippen molar-refractivity contribution in [1.29, 1.82) is 0 Å². The molecule has 7 nitrogen and oxygen atoms in total. The van der Waals surface area contributed by atoms with E-state index in [1.54, 1.807) is 7.11 Å². The van der Waals surface area contributed by atoms with Crippen LogP contribution in [0.4, 0.5) is 10.1 Å². The SMILES string of the molecule is CCn1c(SCC(=O)Nc2ccc(F)cc2)nnc1C(C)Oc1ccc(OC)cc1. The monoisotopic (exact) mass is 430 g/mol. The summed E-state index contributed by atoms with van der Waals surface area (Å²) in [7, 11) is 1.61. The van der Waals surface area contributed by atoms with Gasteiger partial charge in [-0.05, 0) is 62.4 Å². The maximum Gasteiger partial charge on any atom is 0.234 e. The van der Waals surface area contributed by atoms with Crippen molar-refractivity contribution < 1.29 is 18.7 Å². The zero-order valence-corrected chi connectivity index (χ0v) is 17.8. The number of nitrogens with zero attached hydrogens (tertiary/aromatic N) is 3. The van der Waals surface area contributed by atoms with Gasteiger partial charge in [-0.3, -0.25) is 4.79 Å². The van der Waals surface area contributed by atoms with Crippen LogP contribution in [0.2, 0.25) is 0 Å². The van der Waals surface area contributed by atoms with E-state index in [9.17, 15) is 9.18 Å². The molecule has 0 spiro atoms. The van der Waals surface area contributed by atoms with Gasteiger partial charge in [0, 0.05) is 12.2 Å². The summed E-state index contributed by atoms with van der Waals surface area (Å²) in [6.07, 6.45) is -0.326. The summed E-state index contributed by atoms with van der Waals surface area (Å²) in [6.45, 7) is 4.52. The maximum absolute atomic E-state index is 13.0. The molecular weight excluding hydrogens is 407 g/mol. The van der Waals surface area contributed by atoms with E-state index in [2.05, 4.69) is 15.5 Å². The van der Waals surface area contributed by atoms with E-state index in [4.69, 9.17) is 9.47 Å². The molecule has 1 heterocycles. The van der Waals surface area contributed by atoms with Crippen molar-refractivity contribution in [2.45, 2.75) is 31.7 Å². The van der Waals surface area contributed by atoms with Crippen LogP contribution >= 0.6 is 11.8 Å². The number of carbonyl (C=O) groups excluding carboxylic acids is 1. The van der Waals surface area contributed by atoms with Crippen LogP contribution in [0.25, 0.3) is 0 Å². The number of amides is 1. The summed E-state index contributed by atoms with van der Waals surface area (Å²) in [5, 5.41) is 11.8. The number of rotatable bonds is 9. The summed E-state index contributed by atoms with van der Waals surface area (Å²) >= 11 is 1.28. The van der Waals surface area contributed by atoms with E-state index in [1.807, 2.05) is 42.7 Å². The first-order valence-electron chi connectivity index (χ1n) is 9.42. The average molecular weight is 431 g/mol. The van der Waals surface area contributed by atoms with Crippen LogP contribution in [0.5, 0.6) is 11.5 Å². The Balaban J connectivity index is 1.61. The predicted molar refractivity (Wildman–Crippen MR) is 113 cm³/mol. The molecular formula is C21H23FN4O3S. The topological polar surface area (TPSA) is 78.3 Å². The first kappa shape index (κ1) is 21.6. The Kier molecular flexibility index (Phi) is 7.29. The normalized spacial score (nSPS) is 11.7. The number of ether oxygens (including phenoxy) is 2. The second-order valence-corrected chi connectivity index (χ2v) is 7.31. The Morgan fingerprint density at radius 3 is 2.43 bits per heavy atom. The number of halogens is 1. The number of hydrogen-bond donors (Lipinski definition) is 1. The third-order valence-corrected chi connectivity index (χ3v) is 5.22. The van der Waals surface area contributed by atoms with E-state index in [-0.39, 0.29) is 23.6 Å². The van der Waals surface area contributed by atoms with Gasteiger partial charge in [0.15, 0.2) is 17.1 Å². The molecule has 0 bridgehead atoms. The summed E-state index contributed by atoms with van der Waals surface area (Å²) < 4.78 is 26.0. The van der Waals surface area contributed by atoms with E-state index in [1.165, 1.54) is 36.0 Å². The van der Waals surface area contributed by atoms with Gasteiger partial charge < -0.3 is 19.4 Å². The molecule has 0 aliphatic heterocycles. The minimum atomic E-state index is -0.350. The summed E-state index contributed by atoms with van der Waals surface area (Å²) in [5.41, 5.74) is 0.543. The first-order chi connectivity index (χ1) is 14.5.